The maximum absolute atomic E-state index is 13.7. The maximum Gasteiger partial charge on any atom is 0.371 e. The van der Waals surface area contributed by atoms with Crippen LogP contribution in [0.1, 0.15) is 132 Å². The van der Waals surface area contributed by atoms with Gasteiger partial charge in [0.25, 0.3) is 0 Å². The monoisotopic (exact) mass is 774 g/mol. The number of aromatic hydroxyl groups is 6. The summed E-state index contributed by atoms with van der Waals surface area (Å²) in [5.41, 5.74) is 0.814. The zero-order valence-electron chi connectivity index (χ0n) is 32.3. The lowest BCUT2D eigenvalue weighted by atomic mass is 9.81. The number of carbonyl (C=O) groups is 3. The van der Waals surface area contributed by atoms with Gasteiger partial charge >= 0.3 is 17.9 Å². The summed E-state index contributed by atoms with van der Waals surface area (Å²) in [6, 6.07) is 8.80. The van der Waals surface area contributed by atoms with E-state index >= 15 is 0 Å². The molecule has 0 atom stereocenters. The van der Waals surface area contributed by atoms with Gasteiger partial charge in [0.05, 0.1) is 5.57 Å². The minimum Gasteiger partial charge on any atom is -0.504 e. The first-order valence-electron chi connectivity index (χ1n) is 19.2. The summed E-state index contributed by atoms with van der Waals surface area (Å²) in [7, 11) is 0. The van der Waals surface area contributed by atoms with Crippen molar-refractivity contribution in [3.05, 3.63) is 82.1 Å². The first-order chi connectivity index (χ1) is 26.7. The van der Waals surface area contributed by atoms with Crippen LogP contribution in [0.25, 0.3) is 22.8 Å². The molecule has 0 bridgehead atoms. The van der Waals surface area contributed by atoms with Gasteiger partial charge in [0, 0.05) is 11.6 Å². The van der Waals surface area contributed by atoms with E-state index in [0.717, 1.165) is 62.8 Å². The fourth-order valence-corrected chi connectivity index (χ4v) is 6.51. The predicted octanol–water partition coefficient (Wildman–Crippen LogP) is 9.64. The molecule has 56 heavy (non-hydrogen) atoms. The Morgan fingerprint density at radius 1 is 0.607 bits per heavy atom. The van der Waals surface area contributed by atoms with Crippen LogP contribution in [-0.4, -0.2) is 58.8 Å². The minimum atomic E-state index is -1.61. The number of carboxylic acids is 2. The number of hydrogen-bond donors (Lipinski definition) is 8. The summed E-state index contributed by atoms with van der Waals surface area (Å²) in [5.74, 6) is -8.15. The Bertz CT molecular complexity index is 1950. The van der Waals surface area contributed by atoms with Crippen LogP contribution in [0.3, 0.4) is 0 Å². The molecule has 8 N–H and O–H groups in total. The van der Waals surface area contributed by atoms with Gasteiger partial charge in [0.15, 0.2) is 34.5 Å². The summed E-state index contributed by atoms with van der Waals surface area (Å²) >= 11 is 0. The number of phenols is 6. The standard InChI is InChI=1S/C44H54O12/c1-4-7-10-11-12-14-17-31(28-19-21-33(46)35(48)24-28)40(44(54)55)41-39(29(15-9-6-3)25-36(49)42(41)51)30(16-13-8-5-2)26-38(50)56-37(43(52)53)23-27-18-20-32(45)34(47)22-27/h18-26,45-49,51H,4-17H2,1-3H3,(H,52,53)(H,54,55)/b30-26+,37-23+,40-31+. The van der Waals surface area contributed by atoms with Gasteiger partial charge in [-0.15, -0.1) is 0 Å². The molecule has 0 aliphatic carbocycles. The first kappa shape index (κ1) is 44.5. The van der Waals surface area contributed by atoms with Crippen molar-refractivity contribution >= 4 is 40.7 Å². The van der Waals surface area contributed by atoms with E-state index in [1.807, 2.05) is 13.8 Å². The summed E-state index contributed by atoms with van der Waals surface area (Å²) in [4.78, 5) is 39.4. The van der Waals surface area contributed by atoms with E-state index < -0.39 is 58.2 Å². The van der Waals surface area contributed by atoms with Crippen molar-refractivity contribution in [1.82, 2.24) is 0 Å². The molecule has 12 heteroatoms. The van der Waals surface area contributed by atoms with Gasteiger partial charge < -0.3 is 45.6 Å². The molecule has 0 aliphatic rings. The van der Waals surface area contributed by atoms with E-state index in [2.05, 4.69) is 6.92 Å². The topological polar surface area (TPSA) is 222 Å². The Kier molecular flexibility index (Phi) is 17.4. The number of ether oxygens (including phenoxy) is 1. The molecule has 12 nitrogen and oxygen atoms in total. The number of benzene rings is 3. The lowest BCUT2D eigenvalue weighted by molar-refractivity contribution is -0.144. The highest BCUT2D eigenvalue weighted by molar-refractivity contribution is 6.26. The van der Waals surface area contributed by atoms with E-state index in [9.17, 15) is 55.2 Å². The van der Waals surface area contributed by atoms with Crippen molar-refractivity contribution in [2.24, 2.45) is 0 Å². The average Bonchev–Trinajstić information content (AvgIpc) is 3.15. The van der Waals surface area contributed by atoms with E-state index in [1.165, 1.54) is 30.3 Å². The van der Waals surface area contributed by atoms with Crippen LogP contribution in [-0.2, 0) is 25.5 Å². The van der Waals surface area contributed by atoms with Gasteiger partial charge in [-0.05, 0) is 108 Å². The largest absolute Gasteiger partial charge is 0.504 e. The Morgan fingerprint density at radius 2 is 1.20 bits per heavy atom. The van der Waals surface area contributed by atoms with Crippen molar-refractivity contribution < 1.29 is 60.0 Å². The summed E-state index contributed by atoms with van der Waals surface area (Å²) in [5, 5.41) is 83.9. The number of aryl methyl sites for hydroxylation is 1. The van der Waals surface area contributed by atoms with Crippen LogP contribution in [0.15, 0.2) is 54.3 Å². The Morgan fingerprint density at radius 3 is 1.80 bits per heavy atom. The van der Waals surface area contributed by atoms with Crippen LogP contribution < -0.4 is 0 Å². The van der Waals surface area contributed by atoms with E-state index in [4.69, 9.17) is 4.74 Å². The van der Waals surface area contributed by atoms with Crippen LogP contribution in [0.5, 0.6) is 34.5 Å². The zero-order valence-corrected chi connectivity index (χ0v) is 32.3. The quantitative estimate of drug-likeness (QED) is 0.0119. The lowest BCUT2D eigenvalue weighted by Gasteiger charge is -2.23. The third-order valence-corrected chi connectivity index (χ3v) is 9.41. The molecule has 0 aliphatic heterocycles. The lowest BCUT2D eigenvalue weighted by Crippen LogP contribution is -2.12. The number of hydrogen-bond acceptors (Lipinski definition) is 10. The van der Waals surface area contributed by atoms with Gasteiger partial charge in [-0.3, -0.25) is 0 Å². The molecule has 3 aromatic carbocycles. The molecule has 0 saturated carbocycles. The molecule has 0 unspecified atom stereocenters. The summed E-state index contributed by atoms with van der Waals surface area (Å²) < 4.78 is 5.31. The van der Waals surface area contributed by atoms with Crippen molar-refractivity contribution in [2.45, 2.75) is 111 Å². The molecule has 302 valence electrons. The molecule has 3 rings (SSSR count). The smallest absolute Gasteiger partial charge is 0.371 e. The molecule has 0 amide bonds. The van der Waals surface area contributed by atoms with Crippen molar-refractivity contribution in [2.75, 3.05) is 0 Å². The van der Waals surface area contributed by atoms with Crippen molar-refractivity contribution in [1.29, 1.82) is 0 Å². The zero-order chi connectivity index (χ0) is 41.4. The van der Waals surface area contributed by atoms with Gasteiger partial charge in [0.1, 0.15) is 0 Å². The van der Waals surface area contributed by atoms with Crippen LogP contribution >= 0.6 is 0 Å². The van der Waals surface area contributed by atoms with Gasteiger partial charge in [-0.1, -0.05) is 84.3 Å². The molecule has 0 heterocycles. The average molecular weight is 775 g/mol. The van der Waals surface area contributed by atoms with Gasteiger partial charge in [0.2, 0.25) is 5.76 Å². The Labute approximate surface area is 327 Å². The third kappa shape index (κ3) is 12.3. The number of carboxylic acid groups (broad SMARTS) is 2. The van der Waals surface area contributed by atoms with Gasteiger partial charge in [-0.2, -0.15) is 0 Å². The molecular formula is C44H54O12. The number of allylic oxidation sites excluding steroid dienone is 2. The highest BCUT2D eigenvalue weighted by atomic mass is 16.6. The molecule has 0 aromatic heterocycles. The molecule has 3 aromatic rings. The van der Waals surface area contributed by atoms with Crippen LogP contribution in [0, 0.1) is 0 Å². The first-order valence-corrected chi connectivity index (χ1v) is 19.2. The van der Waals surface area contributed by atoms with E-state index in [1.54, 1.807) is 0 Å². The molecule has 0 saturated heterocycles. The fraction of sp³-hybridized carbons (Fsp3) is 0.386. The third-order valence-electron chi connectivity index (χ3n) is 9.41. The number of aliphatic carboxylic acids is 2. The Balaban J connectivity index is 2.39. The summed E-state index contributed by atoms with van der Waals surface area (Å²) in [6.45, 7) is 6.02. The van der Waals surface area contributed by atoms with Crippen molar-refractivity contribution in [3.8, 4) is 34.5 Å². The molecule has 0 radical (unpaired) electrons. The second kappa shape index (κ2) is 21.8. The Hall–Kier alpha value is -5.91. The molecule has 0 fully saturated rings. The minimum absolute atomic E-state index is 0.111. The molecule has 0 spiro atoms. The number of esters is 1. The second-order valence-corrected chi connectivity index (χ2v) is 13.7. The van der Waals surface area contributed by atoms with E-state index in [-0.39, 0.29) is 51.8 Å². The number of rotatable bonds is 22. The van der Waals surface area contributed by atoms with Crippen LogP contribution in [0.4, 0.5) is 0 Å². The normalized spacial score (nSPS) is 12.3. The predicted molar refractivity (Wildman–Crippen MR) is 214 cm³/mol. The van der Waals surface area contributed by atoms with Crippen LogP contribution in [0.2, 0.25) is 0 Å². The van der Waals surface area contributed by atoms with Crippen molar-refractivity contribution in [3.63, 3.8) is 0 Å². The van der Waals surface area contributed by atoms with Gasteiger partial charge in [-0.25, -0.2) is 14.4 Å². The molecular weight excluding hydrogens is 720 g/mol. The fourth-order valence-electron chi connectivity index (χ4n) is 6.51. The highest BCUT2D eigenvalue weighted by Crippen LogP contribution is 2.47. The second-order valence-electron chi connectivity index (χ2n) is 13.7. The number of phenolic OH excluding ortho intramolecular Hbond substituents is 6. The number of carbonyl (C=O) groups excluding carboxylic acids is 1. The highest BCUT2D eigenvalue weighted by Gasteiger charge is 2.30. The summed E-state index contributed by atoms with van der Waals surface area (Å²) in [6.07, 6.45) is 11.3. The maximum atomic E-state index is 13.7. The van der Waals surface area contributed by atoms with E-state index in [0.29, 0.717) is 44.1 Å². The number of unbranched alkanes of at least 4 members (excludes halogenated alkanes) is 8. The SMILES string of the molecule is CCCCCCCC/C(=C(\C(=O)O)c1c(O)c(O)cc(CCCC)c1/C(=C/C(=O)O/C(=C/c1ccc(O)c(O)c1)C(=O)O)CCCCC)c1ccc(O)c(O)c1.